The molecule has 0 N–H and O–H groups in total. The molecule has 2 aromatic carbocycles. The summed E-state index contributed by atoms with van der Waals surface area (Å²) in [6.07, 6.45) is 3.22. The van der Waals surface area contributed by atoms with E-state index in [9.17, 15) is 18.5 Å². The van der Waals surface area contributed by atoms with Crippen LogP contribution in [-0.2, 0) is 16.7 Å². The SMILES string of the molecule is O=[N+]([O-])c1ccc2c(cnn2CN2CCN(S(=O)(=O)C=Cc3ccccc3)CC2)c1. The third kappa shape index (κ3) is 4.40. The van der Waals surface area contributed by atoms with Gasteiger partial charge in [0.25, 0.3) is 5.69 Å². The van der Waals surface area contributed by atoms with Gasteiger partial charge in [-0.05, 0) is 17.7 Å². The lowest BCUT2D eigenvalue weighted by atomic mass is 10.2. The number of aromatic nitrogens is 2. The zero-order valence-electron chi connectivity index (χ0n) is 16.2. The molecule has 156 valence electrons. The van der Waals surface area contributed by atoms with Crippen LogP contribution in [0, 0.1) is 10.1 Å². The van der Waals surface area contributed by atoms with Crippen molar-refractivity contribution < 1.29 is 13.3 Å². The largest absolute Gasteiger partial charge is 0.282 e. The Morgan fingerprint density at radius 2 is 1.80 bits per heavy atom. The van der Waals surface area contributed by atoms with Gasteiger partial charge in [0.15, 0.2) is 0 Å². The van der Waals surface area contributed by atoms with Crippen molar-refractivity contribution in [1.29, 1.82) is 0 Å². The van der Waals surface area contributed by atoms with Gasteiger partial charge < -0.3 is 0 Å². The number of nitrogens with zero attached hydrogens (tertiary/aromatic N) is 5. The van der Waals surface area contributed by atoms with Crippen LogP contribution < -0.4 is 0 Å². The van der Waals surface area contributed by atoms with Crippen molar-refractivity contribution in [2.75, 3.05) is 26.2 Å². The molecule has 0 saturated carbocycles. The molecular weight excluding hydrogens is 406 g/mol. The van der Waals surface area contributed by atoms with Crippen molar-refractivity contribution in [1.82, 2.24) is 19.0 Å². The number of rotatable bonds is 6. The van der Waals surface area contributed by atoms with Gasteiger partial charge in [-0.15, -0.1) is 0 Å². The Hall–Kier alpha value is -3.08. The van der Waals surface area contributed by atoms with Crippen LogP contribution in [0.3, 0.4) is 0 Å². The molecular formula is C20H21N5O4S. The van der Waals surface area contributed by atoms with Gasteiger partial charge in [0.2, 0.25) is 10.0 Å². The van der Waals surface area contributed by atoms with Gasteiger partial charge in [-0.3, -0.25) is 19.7 Å². The molecule has 1 aromatic heterocycles. The maximum Gasteiger partial charge on any atom is 0.270 e. The Bertz CT molecular complexity index is 1180. The van der Waals surface area contributed by atoms with Crippen LogP contribution in [0.5, 0.6) is 0 Å². The molecule has 30 heavy (non-hydrogen) atoms. The summed E-state index contributed by atoms with van der Waals surface area (Å²) in [6, 6.07) is 14.0. The average molecular weight is 427 g/mol. The molecule has 0 radical (unpaired) electrons. The van der Waals surface area contributed by atoms with Gasteiger partial charge in [-0.2, -0.15) is 9.40 Å². The number of nitro groups is 1. The van der Waals surface area contributed by atoms with Gasteiger partial charge >= 0.3 is 0 Å². The molecule has 0 atom stereocenters. The third-order valence-electron chi connectivity index (χ3n) is 5.09. The fraction of sp³-hybridized carbons (Fsp3) is 0.250. The third-order valence-corrected chi connectivity index (χ3v) is 6.66. The van der Waals surface area contributed by atoms with Crippen molar-refractivity contribution in [3.05, 3.63) is 75.8 Å². The Morgan fingerprint density at radius 1 is 1.07 bits per heavy atom. The van der Waals surface area contributed by atoms with Crippen molar-refractivity contribution >= 4 is 32.7 Å². The number of nitro benzene ring substituents is 1. The summed E-state index contributed by atoms with van der Waals surface area (Å²) in [4.78, 5) is 12.6. The number of non-ortho nitro benzene ring substituents is 1. The van der Waals surface area contributed by atoms with Crippen LogP contribution in [0.25, 0.3) is 17.0 Å². The van der Waals surface area contributed by atoms with E-state index in [4.69, 9.17) is 0 Å². The van der Waals surface area contributed by atoms with E-state index in [1.165, 1.54) is 21.8 Å². The molecule has 4 rings (SSSR count). The lowest BCUT2D eigenvalue weighted by Crippen LogP contribution is -2.48. The molecule has 1 aliphatic rings. The molecule has 1 aliphatic heterocycles. The Kier molecular flexibility index (Phi) is 5.62. The minimum absolute atomic E-state index is 0.0319. The van der Waals surface area contributed by atoms with Crippen molar-refractivity contribution in [2.24, 2.45) is 0 Å². The van der Waals surface area contributed by atoms with E-state index >= 15 is 0 Å². The quantitative estimate of drug-likeness (QED) is 0.443. The van der Waals surface area contributed by atoms with E-state index in [1.54, 1.807) is 23.0 Å². The van der Waals surface area contributed by atoms with Gasteiger partial charge in [0.05, 0.1) is 23.3 Å². The van der Waals surface area contributed by atoms with E-state index in [-0.39, 0.29) is 5.69 Å². The van der Waals surface area contributed by atoms with Crippen molar-refractivity contribution in [3.8, 4) is 0 Å². The highest BCUT2D eigenvalue weighted by molar-refractivity contribution is 7.92. The van der Waals surface area contributed by atoms with Crippen molar-refractivity contribution in [3.63, 3.8) is 0 Å². The molecule has 10 heteroatoms. The first kappa shape index (κ1) is 20.2. The van der Waals surface area contributed by atoms with Crippen LogP contribution in [-0.4, -0.2) is 58.5 Å². The predicted octanol–water partition coefficient (Wildman–Crippen LogP) is 2.52. The van der Waals surface area contributed by atoms with Crippen LogP contribution in [0.15, 0.2) is 60.1 Å². The van der Waals surface area contributed by atoms with Gasteiger partial charge in [0, 0.05) is 49.1 Å². The zero-order chi connectivity index (χ0) is 21.1. The molecule has 2 heterocycles. The van der Waals surface area contributed by atoms with Crippen LogP contribution in [0.4, 0.5) is 5.69 Å². The van der Waals surface area contributed by atoms with Crippen LogP contribution in [0.1, 0.15) is 5.56 Å². The van der Waals surface area contributed by atoms with Gasteiger partial charge in [0.1, 0.15) is 0 Å². The first-order valence-corrected chi connectivity index (χ1v) is 11.0. The lowest BCUT2D eigenvalue weighted by Gasteiger charge is -2.33. The molecule has 0 spiro atoms. The highest BCUT2D eigenvalue weighted by Gasteiger charge is 2.25. The Labute approximate surface area is 174 Å². The molecule has 0 amide bonds. The van der Waals surface area contributed by atoms with Gasteiger partial charge in [-0.25, -0.2) is 8.42 Å². The molecule has 9 nitrogen and oxygen atoms in total. The minimum atomic E-state index is -3.47. The van der Waals surface area contributed by atoms with Crippen LogP contribution >= 0.6 is 0 Å². The fourth-order valence-electron chi connectivity index (χ4n) is 3.43. The molecule has 1 fully saturated rings. The summed E-state index contributed by atoms with van der Waals surface area (Å²) in [5.74, 6) is 0. The number of benzene rings is 2. The van der Waals surface area contributed by atoms with Crippen molar-refractivity contribution in [2.45, 2.75) is 6.67 Å². The summed E-state index contributed by atoms with van der Waals surface area (Å²) in [5, 5.41) is 17.2. The molecule has 3 aromatic rings. The highest BCUT2D eigenvalue weighted by atomic mass is 32.2. The first-order chi connectivity index (χ1) is 14.4. The number of fused-ring (bicyclic) bond motifs is 1. The highest BCUT2D eigenvalue weighted by Crippen LogP contribution is 2.21. The van der Waals surface area contributed by atoms with E-state index in [1.807, 2.05) is 30.3 Å². The lowest BCUT2D eigenvalue weighted by molar-refractivity contribution is -0.384. The molecule has 0 unspecified atom stereocenters. The second-order valence-electron chi connectivity index (χ2n) is 7.06. The monoisotopic (exact) mass is 427 g/mol. The topological polar surface area (TPSA) is 102 Å². The fourth-order valence-corrected chi connectivity index (χ4v) is 4.60. The Morgan fingerprint density at radius 3 is 2.50 bits per heavy atom. The number of sulfonamides is 1. The standard InChI is InChI=1S/C20H21N5O4S/c26-25(27)19-6-7-20-18(14-19)15-21-24(20)16-22-9-11-23(12-10-22)30(28,29)13-8-17-4-2-1-3-5-17/h1-8,13-15H,9-12,16H2. The minimum Gasteiger partial charge on any atom is -0.282 e. The second-order valence-corrected chi connectivity index (χ2v) is 8.88. The number of hydrogen-bond acceptors (Lipinski definition) is 6. The zero-order valence-corrected chi connectivity index (χ0v) is 17.0. The van der Waals surface area contributed by atoms with Gasteiger partial charge in [-0.1, -0.05) is 30.3 Å². The molecule has 0 aliphatic carbocycles. The summed E-state index contributed by atoms with van der Waals surface area (Å²) >= 11 is 0. The maximum atomic E-state index is 12.6. The van der Waals surface area contributed by atoms with E-state index in [0.29, 0.717) is 38.2 Å². The average Bonchev–Trinajstić information content (AvgIpc) is 3.15. The van der Waals surface area contributed by atoms with Crippen LogP contribution in [0.2, 0.25) is 0 Å². The van der Waals surface area contributed by atoms with E-state index in [0.717, 1.165) is 11.1 Å². The predicted molar refractivity (Wildman–Crippen MR) is 114 cm³/mol. The number of hydrogen-bond donors (Lipinski definition) is 0. The maximum absolute atomic E-state index is 12.6. The first-order valence-electron chi connectivity index (χ1n) is 9.48. The molecule has 1 saturated heterocycles. The van der Waals surface area contributed by atoms with E-state index in [2.05, 4.69) is 10.00 Å². The Balaban J connectivity index is 1.38. The second kappa shape index (κ2) is 8.34. The normalized spacial score (nSPS) is 16.4. The number of piperazine rings is 1. The summed E-state index contributed by atoms with van der Waals surface area (Å²) in [5.41, 5.74) is 1.68. The smallest absolute Gasteiger partial charge is 0.270 e. The molecule has 0 bridgehead atoms. The summed E-state index contributed by atoms with van der Waals surface area (Å²) in [6.45, 7) is 2.44. The summed E-state index contributed by atoms with van der Waals surface area (Å²) in [7, 11) is -3.47. The van der Waals surface area contributed by atoms with E-state index < -0.39 is 14.9 Å². The summed E-state index contributed by atoms with van der Waals surface area (Å²) < 4.78 is 28.4.